The van der Waals surface area contributed by atoms with Crippen molar-refractivity contribution in [2.45, 2.75) is 117 Å². The van der Waals surface area contributed by atoms with E-state index in [1.807, 2.05) is 0 Å². The molecule has 1 fully saturated rings. The van der Waals surface area contributed by atoms with Crippen LogP contribution in [0.2, 0.25) is 39.3 Å². The molecule has 0 amide bonds. The summed E-state index contributed by atoms with van der Waals surface area (Å²) >= 11 is 0. The Morgan fingerprint density at radius 1 is 0.793 bits per heavy atom. The Morgan fingerprint density at radius 2 is 1.31 bits per heavy atom. The van der Waals surface area contributed by atoms with Crippen molar-refractivity contribution in [3.05, 3.63) is 11.6 Å². The summed E-state index contributed by atoms with van der Waals surface area (Å²) in [7, 11) is -1.35. The van der Waals surface area contributed by atoms with E-state index in [1.165, 1.54) is 44.1 Å². The lowest BCUT2D eigenvalue weighted by molar-refractivity contribution is 0.122. The molecule has 29 heavy (non-hydrogen) atoms. The van der Waals surface area contributed by atoms with E-state index in [9.17, 15) is 0 Å². The van der Waals surface area contributed by atoms with E-state index >= 15 is 0 Å². The molecule has 1 rings (SSSR count). The lowest BCUT2D eigenvalue weighted by Crippen LogP contribution is -2.35. The predicted molar refractivity (Wildman–Crippen MR) is 132 cm³/mol. The van der Waals surface area contributed by atoms with Crippen molar-refractivity contribution in [3.63, 3.8) is 0 Å². The summed E-state index contributed by atoms with van der Waals surface area (Å²) in [4.78, 5) is 0. The van der Waals surface area contributed by atoms with E-state index in [-0.39, 0.29) is 0 Å². The highest BCUT2D eigenvalue weighted by molar-refractivity contribution is 6.70. The van der Waals surface area contributed by atoms with Gasteiger partial charge < -0.3 is 13.6 Å². The smallest absolute Gasteiger partial charge is 0.184 e. The van der Waals surface area contributed by atoms with Gasteiger partial charge in [-0.3, -0.25) is 0 Å². The van der Waals surface area contributed by atoms with Crippen LogP contribution in [0.25, 0.3) is 0 Å². The molecule has 0 spiro atoms. The summed E-state index contributed by atoms with van der Waals surface area (Å²) in [5, 5.41) is 0. The van der Waals surface area contributed by atoms with E-state index < -0.39 is 16.6 Å². The van der Waals surface area contributed by atoms with Crippen LogP contribution in [0, 0.1) is 11.8 Å². The Hall–Kier alpha value is 0.0538. The van der Waals surface area contributed by atoms with Crippen molar-refractivity contribution in [3.8, 4) is 0 Å². The lowest BCUT2D eigenvalue weighted by Gasteiger charge is -2.31. The number of unbranched alkanes of at least 4 members (excludes halogenated alkanes) is 4. The number of allylic oxidation sites excluding steroid dienone is 2. The summed E-state index contributed by atoms with van der Waals surface area (Å²) < 4.78 is 18.6. The van der Waals surface area contributed by atoms with Crippen molar-refractivity contribution >= 4 is 16.6 Å². The SMILES string of the molecule is COCCCCCCC[C@@H]1[C@@H](CC=C(C)C)[C@@H](O[Si](C)(C)C)C[C@H]1O[Si](C)(C)C. The maximum Gasteiger partial charge on any atom is 0.184 e. The number of methoxy groups -OCH3 is 1. The molecule has 1 aliphatic rings. The van der Waals surface area contributed by atoms with Gasteiger partial charge >= 0.3 is 0 Å². The molecule has 0 saturated heterocycles. The van der Waals surface area contributed by atoms with Crippen molar-refractivity contribution < 1.29 is 13.6 Å². The molecule has 5 heteroatoms. The van der Waals surface area contributed by atoms with Crippen LogP contribution in [0.3, 0.4) is 0 Å². The number of hydrogen-bond acceptors (Lipinski definition) is 3. The Bertz CT molecular complexity index is 475. The van der Waals surface area contributed by atoms with Crippen LogP contribution in [0.5, 0.6) is 0 Å². The van der Waals surface area contributed by atoms with E-state index in [2.05, 4.69) is 59.2 Å². The molecule has 0 radical (unpaired) electrons. The summed E-state index contributed by atoms with van der Waals surface area (Å²) in [6.07, 6.45) is 13.1. The topological polar surface area (TPSA) is 27.7 Å². The van der Waals surface area contributed by atoms with E-state index in [0.717, 1.165) is 19.4 Å². The molecule has 1 aliphatic carbocycles. The zero-order chi connectivity index (χ0) is 22.1. The van der Waals surface area contributed by atoms with Gasteiger partial charge in [-0.2, -0.15) is 0 Å². The van der Waals surface area contributed by atoms with Gasteiger partial charge in [0.15, 0.2) is 16.6 Å². The molecule has 3 nitrogen and oxygen atoms in total. The predicted octanol–water partition coefficient (Wildman–Crippen LogP) is 7.41. The van der Waals surface area contributed by atoms with Gasteiger partial charge in [0.2, 0.25) is 0 Å². The number of rotatable bonds is 14. The highest BCUT2D eigenvalue weighted by atomic mass is 28.4. The maximum absolute atomic E-state index is 6.74. The van der Waals surface area contributed by atoms with Crippen molar-refractivity contribution in [2.24, 2.45) is 11.8 Å². The van der Waals surface area contributed by atoms with Gasteiger partial charge in [0.25, 0.3) is 0 Å². The van der Waals surface area contributed by atoms with Gasteiger partial charge in [0.05, 0.1) is 12.2 Å². The molecule has 4 atom stereocenters. The standard InChI is InChI=1S/C24H50O3Si2/c1-20(2)16-17-22-21(15-13-11-10-12-14-18-25-3)23(26-28(4,5)6)19-24(22)27-29(7,8)9/h16,21-24H,10-15,17-19H2,1-9H3/t21-,22-,23-,24+/m1/s1. The third-order valence-electron chi connectivity index (χ3n) is 5.66. The summed E-state index contributed by atoms with van der Waals surface area (Å²) in [5.74, 6) is 1.24. The lowest BCUT2D eigenvalue weighted by atomic mass is 9.86. The van der Waals surface area contributed by atoms with Crippen molar-refractivity contribution in [2.75, 3.05) is 13.7 Å². The molecular weight excluding hydrogens is 392 g/mol. The van der Waals surface area contributed by atoms with Gasteiger partial charge in [-0.05, 0) is 90.6 Å². The average Bonchev–Trinajstić information content (AvgIpc) is 2.84. The highest BCUT2D eigenvalue weighted by Crippen LogP contribution is 2.43. The van der Waals surface area contributed by atoms with Gasteiger partial charge in [0, 0.05) is 13.7 Å². The first-order valence-corrected chi connectivity index (χ1v) is 18.7. The van der Waals surface area contributed by atoms with Crippen LogP contribution in [0.4, 0.5) is 0 Å². The van der Waals surface area contributed by atoms with Crippen LogP contribution in [-0.4, -0.2) is 42.6 Å². The summed E-state index contributed by atoms with van der Waals surface area (Å²) in [6, 6.07) is 0. The van der Waals surface area contributed by atoms with E-state index in [0.29, 0.717) is 24.0 Å². The fraction of sp³-hybridized carbons (Fsp3) is 0.917. The molecular formula is C24H50O3Si2. The van der Waals surface area contributed by atoms with Crippen LogP contribution < -0.4 is 0 Å². The van der Waals surface area contributed by atoms with Crippen molar-refractivity contribution in [1.82, 2.24) is 0 Å². The van der Waals surface area contributed by atoms with Crippen molar-refractivity contribution in [1.29, 1.82) is 0 Å². The van der Waals surface area contributed by atoms with Gasteiger partial charge in [0.1, 0.15) is 0 Å². The number of hydrogen-bond donors (Lipinski definition) is 0. The summed E-state index contributed by atoms with van der Waals surface area (Å²) in [5.41, 5.74) is 1.42. The Kier molecular flexibility index (Phi) is 12.0. The summed E-state index contributed by atoms with van der Waals surface area (Å²) in [6.45, 7) is 19.3. The van der Waals surface area contributed by atoms with Gasteiger partial charge in [-0.15, -0.1) is 0 Å². The highest BCUT2D eigenvalue weighted by Gasteiger charge is 2.45. The molecule has 1 saturated carbocycles. The van der Waals surface area contributed by atoms with Crippen LogP contribution in [0.1, 0.15) is 65.2 Å². The minimum absolute atomic E-state index is 0.366. The monoisotopic (exact) mass is 442 g/mol. The van der Waals surface area contributed by atoms with Gasteiger partial charge in [-0.25, -0.2) is 0 Å². The van der Waals surface area contributed by atoms with Gasteiger partial charge in [-0.1, -0.05) is 37.3 Å². The second-order valence-corrected chi connectivity index (χ2v) is 20.1. The quantitative estimate of drug-likeness (QED) is 0.159. The molecule has 0 aliphatic heterocycles. The van der Waals surface area contributed by atoms with E-state index in [4.69, 9.17) is 13.6 Å². The Morgan fingerprint density at radius 3 is 1.83 bits per heavy atom. The first-order valence-electron chi connectivity index (χ1n) is 11.9. The van der Waals surface area contributed by atoms with Crippen LogP contribution >= 0.6 is 0 Å². The maximum atomic E-state index is 6.74. The third-order valence-corrected chi connectivity index (χ3v) is 7.68. The Balaban J connectivity index is 2.82. The second-order valence-electron chi connectivity index (χ2n) is 11.2. The molecule has 0 bridgehead atoms. The second kappa shape index (κ2) is 12.8. The van der Waals surface area contributed by atoms with Crippen LogP contribution in [-0.2, 0) is 13.6 Å². The third kappa shape index (κ3) is 11.9. The molecule has 0 heterocycles. The average molecular weight is 443 g/mol. The molecule has 172 valence electrons. The molecule has 0 aromatic rings. The zero-order valence-corrected chi connectivity index (χ0v) is 23.0. The first kappa shape index (κ1) is 27.1. The molecule has 0 aromatic heterocycles. The normalized spacial score (nSPS) is 25.4. The molecule has 0 aromatic carbocycles. The van der Waals surface area contributed by atoms with E-state index in [1.54, 1.807) is 7.11 Å². The Labute approximate surface area is 184 Å². The molecule has 0 N–H and O–H groups in total. The number of ether oxygens (including phenoxy) is 1. The fourth-order valence-electron chi connectivity index (χ4n) is 4.56. The molecule has 0 unspecified atom stereocenters. The minimum Gasteiger partial charge on any atom is -0.414 e. The largest absolute Gasteiger partial charge is 0.414 e. The first-order chi connectivity index (χ1) is 13.4. The fourth-order valence-corrected chi connectivity index (χ4v) is 6.92. The minimum atomic E-state index is -1.57. The zero-order valence-electron chi connectivity index (χ0n) is 21.0. The van der Waals surface area contributed by atoms with Crippen LogP contribution in [0.15, 0.2) is 11.6 Å².